The van der Waals surface area contributed by atoms with E-state index in [4.69, 9.17) is 9.47 Å². The van der Waals surface area contributed by atoms with E-state index in [2.05, 4.69) is 0 Å². The molecule has 0 bridgehead atoms. The molecule has 7 nitrogen and oxygen atoms in total. The Hall–Kier alpha value is -2.10. The van der Waals surface area contributed by atoms with E-state index in [-0.39, 0.29) is 12.3 Å². The summed E-state index contributed by atoms with van der Waals surface area (Å²) in [6.45, 7) is 4.34. The van der Waals surface area contributed by atoms with Gasteiger partial charge in [0.25, 0.3) is 10.0 Å². The number of carbonyl (C=O) groups is 1. The smallest absolute Gasteiger partial charge is 0.252 e. The van der Waals surface area contributed by atoms with E-state index < -0.39 is 10.0 Å². The van der Waals surface area contributed by atoms with Crippen LogP contribution in [0.5, 0.6) is 11.5 Å². The quantitative estimate of drug-likeness (QED) is 0.752. The fraction of sp³-hybridized carbons (Fsp3) is 0.421. The molecule has 28 heavy (non-hydrogen) atoms. The molecule has 150 valence electrons. The second-order valence-electron chi connectivity index (χ2n) is 6.80. The summed E-state index contributed by atoms with van der Waals surface area (Å²) >= 11 is 1.28. The van der Waals surface area contributed by atoms with Gasteiger partial charge in [-0.25, -0.2) is 8.42 Å². The van der Waals surface area contributed by atoms with E-state index >= 15 is 0 Å². The highest BCUT2D eigenvalue weighted by Gasteiger charge is 2.31. The SMILES string of the molecule is Cc1ccc(S(=O)(=O)N2CCN(C(=O)Cc3ccc4c(c3)OCCO4)CC2)s1. The molecule has 0 N–H and O–H groups in total. The van der Waals surface area contributed by atoms with Gasteiger partial charge in [-0.2, -0.15) is 4.31 Å². The largest absolute Gasteiger partial charge is 0.486 e. The van der Waals surface area contributed by atoms with Crippen LogP contribution in [0.1, 0.15) is 10.4 Å². The molecule has 0 aliphatic carbocycles. The van der Waals surface area contributed by atoms with Gasteiger partial charge < -0.3 is 14.4 Å². The number of rotatable bonds is 4. The van der Waals surface area contributed by atoms with Gasteiger partial charge in [-0.15, -0.1) is 11.3 Å². The van der Waals surface area contributed by atoms with E-state index in [1.54, 1.807) is 11.0 Å². The first-order valence-corrected chi connectivity index (χ1v) is 11.4. The van der Waals surface area contributed by atoms with Gasteiger partial charge in [0.1, 0.15) is 17.4 Å². The molecule has 0 unspecified atom stereocenters. The van der Waals surface area contributed by atoms with Gasteiger partial charge in [-0.3, -0.25) is 4.79 Å². The minimum absolute atomic E-state index is 0.0132. The molecule has 1 aromatic carbocycles. The molecular formula is C19H22N2O5S2. The second kappa shape index (κ2) is 7.73. The maximum absolute atomic E-state index is 12.7. The monoisotopic (exact) mass is 422 g/mol. The van der Waals surface area contributed by atoms with Crippen LogP contribution in [0.2, 0.25) is 0 Å². The molecule has 2 aliphatic heterocycles. The van der Waals surface area contributed by atoms with Gasteiger partial charge in [-0.05, 0) is 36.8 Å². The Kier molecular flexibility index (Phi) is 5.31. The number of amides is 1. The summed E-state index contributed by atoms with van der Waals surface area (Å²) in [5.41, 5.74) is 0.860. The number of nitrogens with zero attached hydrogens (tertiary/aromatic N) is 2. The van der Waals surface area contributed by atoms with Crippen molar-refractivity contribution in [2.75, 3.05) is 39.4 Å². The Morgan fingerprint density at radius 3 is 2.43 bits per heavy atom. The van der Waals surface area contributed by atoms with Gasteiger partial charge in [0, 0.05) is 31.1 Å². The predicted molar refractivity (Wildman–Crippen MR) is 106 cm³/mol. The molecule has 0 spiro atoms. The highest BCUT2D eigenvalue weighted by molar-refractivity contribution is 7.91. The molecule has 4 rings (SSSR count). The van der Waals surface area contributed by atoms with Gasteiger partial charge in [0.05, 0.1) is 6.42 Å². The number of benzene rings is 1. The molecule has 1 aromatic heterocycles. The standard InChI is InChI=1S/C19H22N2O5S2/c1-14-2-5-19(27-14)28(23,24)21-8-6-20(7-9-21)18(22)13-15-3-4-16-17(12-15)26-11-10-25-16/h2-5,12H,6-11,13H2,1H3. The molecule has 3 heterocycles. The van der Waals surface area contributed by atoms with Crippen LogP contribution in [0.25, 0.3) is 0 Å². The number of carbonyl (C=O) groups excluding carboxylic acids is 1. The molecule has 0 atom stereocenters. The lowest BCUT2D eigenvalue weighted by molar-refractivity contribution is -0.131. The molecule has 0 radical (unpaired) electrons. The van der Waals surface area contributed by atoms with Crippen molar-refractivity contribution < 1.29 is 22.7 Å². The lowest BCUT2D eigenvalue weighted by Crippen LogP contribution is -2.50. The normalized spacial score (nSPS) is 17.5. The van der Waals surface area contributed by atoms with Crippen molar-refractivity contribution in [3.63, 3.8) is 0 Å². The fourth-order valence-corrected chi connectivity index (χ4v) is 6.20. The van der Waals surface area contributed by atoms with Crippen LogP contribution in [-0.2, 0) is 21.2 Å². The molecule has 2 aromatic rings. The fourth-order valence-electron chi connectivity index (χ4n) is 3.34. The molecule has 1 amide bonds. The first-order valence-electron chi connectivity index (χ1n) is 9.16. The first-order chi connectivity index (χ1) is 13.4. The van der Waals surface area contributed by atoms with Gasteiger partial charge in [0.15, 0.2) is 11.5 Å². The third-order valence-electron chi connectivity index (χ3n) is 4.86. The molecule has 0 saturated carbocycles. The third-order valence-corrected chi connectivity index (χ3v) is 8.23. The Morgan fingerprint density at radius 2 is 1.75 bits per heavy atom. The summed E-state index contributed by atoms with van der Waals surface area (Å²) < 4.78 is 38.3. The number of aryl methyl sites for hydroxylation is 1. The summed E-state index contributed by atoms with van der Waals surface area (Å²) in [6, 6.07) is 8.99. The van der Waals surface area contributed by atoms with Crippen LogP contribution in [0, 0.1) is 6.92 Å². The second-order valence-corrected chi connectivity index (χ2v) is 10.3. The Balaban J connectivity index is 1.36. The summed E-state index contributed by atoms with van der Waals surface area (Å²) in [7, 11) is -3.48. The summed E-state index contributed by atoms with van der Waals surface area (Å²) in [6.07, 6.45) is 0.257. The zero-order chi connectivity index (χ0) is 19.7. The van der Waals surface area contributed by atoms with E-state index in [0.29, 0.717) is 55.1 Å². The summed E-state index contributed by atoms with van der Waals surface area (Å²) in [5, 5.41) is 0. The molecule has 1 fully saturated rings. The average Bonchev–Trinajstić information content (AvgIpc) is 3.15. The minimum Gasteiger partial charge on any atom is -0.486 e. The van der Waals surface area contributed by atoms with Gasteiger partial charge in [0.2, 0.25) is 5.91 Å². The Labute approximate surface area is 168 Å². The predicted octanol–water partition coefficient (Wildman–Crippen LogP) is 1.90. The number of hydrogen-bond donors (Lipinski definition) is 0. The van der Waals surface area contributed by atoms with Crippen molar-refractivity contribution in [3.05, 3.63) is 40.8 Å². The molecule has 9 heteroatoms. The van der Waals surface area contributed by atoms with E-state index in [1.807, 2.05) is 31.2 Å². The number of ether oxygens (including phenoxy) is 2. The van der Waals surface area contributed by atoms with Crippen molar-refractivity contribution in [1.29, 1.82) is 0 Å². The maximum atomic E-state index is 12.7. The van der Waals surface area contributed by atoms with Crippen molar-refractivity contribution >= 4 is 27.3 Å². The average molecular weight is 423 g/mol. The molecule has 2 aliphatic rings. The van der Waals surface area contributed by atoms with E-state index in [9.17, 15) is 13.2 Å². The van der Waals surface area contributed by atoms with Crippen molar-refractivity contribution in [1.82, 2.24) is 9.21 Å². The topological polar surface area (TPSA) is 76.2 Å². The van der Waals surface area contributed by atoms with Crippen LogP contribution in [0.4, 0.5) is 0 Å². The van der Waals surface area contributed by atoms with E-state index in [0.717, 1.165) is 10.4 Å². The summed E-state index contributed by atoms with van der Waals surface area (Å²) in [4.78, 5) is 15.3. The molecular weight excluding hydrogens is 400 g/mol. The lowest BCUT2D eigenvalue weighted by Gasteiger charge is -2.33. The van der Waals surface area contributed by atoms with Crippen molar-refractivity contribution in [2.45, 2.75) is 17.6 Å². The first kappa shape index (κ1) is 19.2. The summed E-state index contributed by atoms with van der Waals surface area (Å²) in [5.74, 6) is 1.35. The minimum atomic E-state index is -3.48. The third kappa shape index (κ3) is 3.87. The van der Waals surface area contributed by atoms with Gasteiger partial charge >= 0.3 is 0 Å². The molecule has 1 saturated heterocycles. The number of hydrogen-bond acceptors (Lipinski definition) is 6. The highest BCUT2D eigenvalue weighted by atomic mass is 32.2. The number of fused-ring (bicyclic) bond motifs is 1. The van der Waals surface area contributed by atoms with Crippen LogP contribution < -0.4 is 9.47 Å². The van der Waals surface area contributed by atoms with Crippen LogP contribution in [-0.4, -0.2) is 62.9 Å². The number of thiophene rings is 1. The van der Waals surface area contributed by atoms with Gasteiger partial charge in [-0.1, -0.05) is 6.07 Å². The number of sulfonamides is 1. The van der Waals surface area contributed by atoms with Crippen LogP contribution in [0.15, 0.2) is 34.5 Å². The maximum Gasteiger partial charge on any atom is 0.252 e. The van der Waals surface area contributed by atoms with E-state index in [1.165, 1.54) is 15.6 Å². The van der Waals surface area contributed by atoms with Crippen molar-refractivity contribution in [3.8, 4) is 11.5 Å². The van der Waals surface area contributed by atoms with Crippen LogP contribution >= 0.6 is 11.3 Å². The highest BCUT2D eigenvalue weighted by Crippen LogP contribution is 2.31. The van der Waals surface area contributed by atoms with Crippen LogP contribution in [0.3, 0.4) is 0 Å². The zero-order valence-electron chi connectivity index (χ0n) is 15.6. The Bertz CT molecular complexity index is 978. The Morgan fingerprint density at radius 1 is 1.04 bits per heavy atom. The van der Waals surface area contributed by atoms with Crippen molar-refractivity contribution in [2.24, 2.45) is 0 Å². The number of piperazine rings is 1. The zero-order valence-corrected chi connectivity index (χ0v) is 17.2. The lowest BCUT2D eigenvalue weighted by atomic mass is 10.1.